The Bertz CT molecular complexity index is 482. The van der Waals surface area contributed by atoms with Crippen LogP contribution in [-0.4, -0.2) is 35.4 Å². The van der Waals surface area contributed by atoms with Gasteiger partial charge in [-0.25, -0.2) is 4.79 Å². The molecule has 0 aromatic carbocycles. The molecule has 2 aliphatic rings. The molecule has 1 aliphatic carbocycles. The number of hydrogen-bond donors (Lipinski definition) is 1. The molecule has 128 valence electrons. The number of fused-ring (bicyclic) bond motifs is 1. The van der Waals surface area contributed by atoms with Crippen LogP contribution in [0.15, 0.2) is 24.3 Å². The molecule has 5 atom stereocenters. The first-order valence-electron chi connectivity index (χ1n) is 8.36. The van der Waals surface area contributed by atoms with Gasteiger partial charge in [0.05, 0.1) is 12.2 Å². The maximum Gasteiger partial charge on any atom is 0.330 e. The third kappa shape index (κ3) is 5.50. The van der Waals surface area contributed by atoms with Crippen LogP contribution in [-0.2, 0) is 19.1 Å². The fourth-order valence-electron chi connectivity index (χ4n) is 3.40. The molecule has 1 fully saturated rings. The van der Waals surface area contributed by atoms with Crippen molar-refractivity contribution in [1.29, 1.82) is 0 Å². The summed E-state index contributed by atoms with van der Waals surface area (Å²) in [5, 5.41) is 9.99. The van der Waals surface area contributed by atoms with Crippen molar-refractivity contribution in [3.8, 4) is 0 Å². The maximum absolute atomic E-state index is 11.9. The van der Waals surface area contributed by atoms with E-state index in [1.165, 1.54) is 13.0 Å². The van der Waals surface area contributed by atoms with Crippen molar-refractivity contribution < 1.29 is 24.2 Å². The topological polar surface area (TPSA) is 72.8 Å². The third-order valence-corrected chi connectivity index (χ3v) is 4.47. The van der Waals surface area contributed by atoms with Crippen LogP contribution in [0.3, 0.4) is 0 Å². The highest BCUT2D eigenvalue weighted by Crippen LogP contribution is 2.37. The van der Waals surface area contributed by atoms with Gasteiger partial charge in [0.15, 0.2) is 0 Å². The predicted molar refractivity (Wildman–Crippen MR) is 85.5 cm³/mol. The highest BCUT2D eigenvalue weighted by Gasteiger charge is 2.37. The lowest BCUT2D eigenvalue weighted by Gasteiger charge is -2.24. The summed E-state index contributed by atoms with van der Waals surface area (Å²) in [5.41, 5.74) is 0. The summed E-state index contributed by atoms with van der Waals surface area (Å²) in [5.74, 6) is -0.688. The van der Waals surface area contributed by atoms with Gasteiger partial charge in [0.1, 0.15) is 6.10 Å². The Kier molecular flexibility index (Phi) is 6.39. The molecule has 1 N–H and O–H groups in total. The van der Waals surface area contributed by atoms with Crippen LogP contribution in [0.1, 0.15) is 46.0 Å². The molecule has 1 aliphatic heterocycles. The van der Waals surface area contributed by atoms with E-state index in [9.17, 15) is 14.7 Å². The number of esters is 2. The standard InChI is InChI=1S/C18H26O5/c1-12-6-4-3-5-7-14-10-15(20)11-16(14)17(23-13(2)19)8-9-18(21)22-12/h5,7-9,12,14-17,20H,3-4,6,10-11H2,1-2H3/b7-5+,9-8+/t12-,14+,15-,16+,17+/m0/s1. The van der Waals surface area contributed by atoms with Crippen molar-refractivity contribution in [2.45, 2.75) is 64.3 Å². The van der Waals surface area contributed by atoms with Crippen LogP contribution in [0.2, 0.25) is 0 Å². The molecule has 23 heavy (non-hydrogen) atoms. The van der Waals surface area contributed by atoms with Crippen molar-refractivity contribution in [3.63, 3.8) is 0 Å². The fraction of sp³-hybridized carbons (Fsp3) is 0.667. The highest BCUT2D eigenvalue weighted by atomic mass is 16.5. The lowest BCUT2D eigenvalue weighted by Crippen LogP contribution is -2.27. The van der Waals surface area contributed by atoms with Gasteiger partial charge in [-0.1, -0.05) is 12.2 Å². The number of hydrogen-bond acceptors (Lipinski definition) is 5. The predicted octanol–water partition coefficient (Wildman–Crippen LogP) is 2.53. The Morgan fingerprint density at radius 3 is 2.87 bits per heavy atom. The molecule has 1 heterocycles. The Hall–Kier alpha value is -1.62. The van der Waals surface area contributed by atoms with Gasteiger partial charge in [0, 0.05) is 18.9 Å². The number of ether oxygens (including phenoxy) is 2. The first-order chi connectivity index (χ1) is 11.0. The van der Waals surface area contributed by atoms with Crippen LogP contribution in [0.5, 0.6) is 0 Å². The number of carbonyl (C=O) groups is 2. The second kappa shape index (κ2) is 8.29. The zero-order valence-corrected chi connectivity index (χ0v) is 13.8. The van der Waals surface area contributed by atoms with Gasteiger partial charge in [0.25, 0.3) is 0 Å². The lowest BCUT2D eigenvalue weighted by molar-refractivity contribution is -0.147. The van der Waals surface area contributed by atoms with Crippen molar-refractivity contribution in [2.75, 3.05) is 0 Å². The Morgan fingerprint density at radius 2 is 2.13 bits per heavy atom. The van der Waals surface area contributed by atoms with Crippen LogP contribution in [0, 0.1) is 11.8 Å². The molecule has 2 rings (SSSR count). The number of aliphatic hydroxyl groups excluding tert-OH is 1. The number of rotatable bonds is 1. The zero-order chi connectivity index (χ0) is 16.8. The van der Waals surface area contributed by atoms with Crippen molar-refractivity contribution in [2.24, 2.45) is 11.8 Å². The third-order valence-electron chi connectivity index (χ3n) is 4.47. The molecule has 5 nitrogen and oxygen atoms in total. The molecular weight excluding hydrogens is 296 g/mol. The molecule has 1 saturated carbocycles. The molecule has 0 amide bonds. The molecule has 0 unspecified atom stereocenters. The summed E-state index contributed by atoms with van der Waals surface area (Å²) >= 11 is 0. The Morgan fingerprint density at radius 1 is 1.35 bits per heavy atom. The molecular formula is C18H26O5. The lowest BCUT2D eigenvalue weighted by atomic mass is 9.89. The molecule has 0 saturated heterocycles. The van der Waals surface area contributed by atoms with E-state index in [1.807, 2.05) is 6.92 Å². The Labute approximate surface area is 137 Å². The number of allylic oxidation sites excluding steroid dienone is 2. The SMILES string of the molecule is CC(=O)O[C@@H]1/C=C/C(=O)O[C@@H](C)CCC/C=C/[C@@H]2C[C@H](O)C[C@H]21. The van der Waals surface area contributed by atoms with Crippen LogP contribution < -0.4 is 0 Å². The van der Waals surface area contributed by atoms with Crippen molar-refractivity contribution in [1.82, 2.24) is 0 Å². The minimum Gasteiger partial charge on any atom is -0.460 e. The summed E-state index contributed by atoms with van der Waals surface area (Å²) in [6.45, 7) is 3.23. The molecule has 0 aromatic rings. The van der Waals surface area contributed by atoms with E-state index in [2.05, 4.69) is 12.2 Å². The van der Waals surface area contributed by atoms with Crippen molar-refractivity contribution >= 4 is 11.9 Å². The summed E-state index contributed by atoms with van der Waals surface area (Å²) in [7, 11) is 0. The summed E-state index contributed by atoms with van der Waals surface area (Å²) in [6.07, 6.45) is 10.0. The van der Waals surface area contributed by atoms with Gasteiger partial charge in [-0.15, -0.1) is 0 Å². The quantitative estimate of drug-likeness (QED) is 0.593. The number of cyclic esters (lactones) is 1. The highest BCUT2D eigenvalue weighted by molar-refractivity contribution is 5.82. The average Bonchev–Trinajstić information content (AvgIpc) is 2.83. The van der Waals surface area contributed by atoms with E-state index in [-0.39, 0.29) is 17.9 Å². The monoisotopic (exact) mass is 322 g/mol. The maximum atomic E-state index is 11.9. The summed E-state index contributed by atoms with van der Waals surface area (Å²) < 4.78 is 10.7. The smallest absolute Gasteiger partial charge is 0.330 e. The Balaban J connectivity index is 2.22. The second-order valence-electron chi connectivity index (χ2n) is 6.49. The normalized spacial score (nSPS) is 38.2. The van der Waals surface area contributed by atoms with Gasteiger partial charge >= 0.3 is 11.9 Å². The van der Waals surface area contributed by atoms with E-state index in [1.54, 1.807) is 6.08 Å². The average molecular weight is 322 g/mol. The van der Waals surface area contributed by atoms with E-state index >= 15 is 0 Å². The van der Waals surface area contributed by atoms with Crippen LogP contribution in [0.4, 0.5) is 0 Å². The minimum atomic E-state index is -0.525. The minimum absolute atomic E-state index is 0.0209. The van der Waals surface area contributed by atoms with E-state index in [0.717, 1.165) is 19.3 Å². The summed E-state index contributed by atoms with van der Waals surface area (Å²) in [4.78, 5) is 23.3. The largest absolute Gasteiger partial charge is 0.460 e. The number of aliphatic hydroxyl groups is 1. The van der Waals surface area contributed by atoms with Crippen LogP contribution in [0.25, 0.3) is 0 Å². The molecule has 0 bridgehead atoms. The first kappa shape index (κ1) is 17.7. The molecule has 0 radical (unpaired) electrons. The number of carbonyl (C=O) groups excluding carboxylic acids is 2. The van der Waals surface area contributed by atoms with Gasteiger partial charge in [0.2, 0.25) is 0 Å². The van der Waals surface area contributed by atoms with Crippen LogP contribution >= 0.6 is 0 Å². The van der Waals surface area contributed by atoms with Gasteiger partial charge < -0.3 is 14.6 Å². The van der Waals surface area contributed by atoms with Gasteiger partial charge in [-0.3, -0.25) is 4.79 Å². The summed E-state index contributed by atoms with van der Waals surface area (Å²) in [6, 6.07) is 0. The van der Waals surface area contributed by atoms with E-state index < -0.39 is 24.1 Å². The zero-order valence-electron chi connectivity index (χ0n) is 13.8. The second-order valence-corrected chi connectivity index (χ2v) is 6.49. The molecule has 0 aromatic heterocycles. The van der Waals surface area contributed by atoms with Crippen molar-refractivity contribution in [3.05, 3.63) is 24.3 Å². The molecule has 5 heteroatoms. The fourth-order valence-corrected chi connectivity index (χ4v) is 3.40. The van der Waals surface area contributed by atoms with Gasteiger partial charge in [-0.2, -0.15) is 0 Å². The van der Waals surface area contributed by atoms with E-state index in [4.69, 9.17) is 9.47 Å². The first-order valence-corrected chi connectivity index (χ1v) is 8.36. The van der Waals surface area contributed by atoms with Gasteiger partial charge in [-0.05, 0) is 51.0 Å². The molecule has 0 spiro atoms. The van der Waals surface area contributed by atoms with E-state index in [0.29, 0.717) is 12.8 Å².